The van der Waals surface area contributed by atoms with Crippen molar-refractivity contribution in [3.05, 3.63) is 41.2 Å². The lowest BCUT2D eigenvalue weighted by atomic mass is 9.69. The maximum absolute atomic E-state index is 14.6. The van der Waals surface area contributed by atoms with Crippen molar-refractivity contribution in [3.8, 4) is 5.75 Å². The van der Waals surface area contributed by atoms with Crippen LogP contribution in [0.4, 0.5) is 13.2 Å². The van der Waals surface area contributed by atoms with Crippen LogP contribution in [0, 0.1) is 35.3 Å². The fourth-order valence-electron chi connectivity index (χ4n) is 6.82. The number of rotatable bonds is 7. The van der Waals surface area contributed by atoms with Crippen molar-refractivity contribution in [2.75, 3.05) is 6.61 Å². The zero-order chi connectivity index (χ0) is 25.7. The minimum atomic E-state index is -0.918. The summed E-state index contributed by atoms with van der Waals surface area (Å²) in [6.45, 7) is 3.55. The van der Waals surface area contributed by atoms with Crippen LogP contribution in [0.15, 0.2) is 24.0 Å². The number of hydrogen-bond donors (Lipinski definition) is 0. The van der Waals surface area contributed by atoms with E-state index < -0.39 is 11.6 Å². The second-order valence-corrected chi connectivity index (χ2v) is 11.2. The van der Waals surface area contributed by atoms with Crippen LogP contribution < -0.4 is 4.74 Å². The number of carbonyl (C=O) groups is 1. The average Bonchev–Trinajstić information content (AvgIpc) is 2.88. The second kappa shape index (κ2) is 12.5. The Morgan fingerprint density at radius 2 is 1.50 bits per heavy atom. The number of carbonyl (C=O) groups excluding carboxylic acids is 1. The van der Waals surface area contributed by atoms with E-state index in [4.69, 9.17) is 9.47 Å². The monoisotopic (exact) mass is 506 g/mol. The summed E-state index contributed by atoms with van der Waals surface area (Å²) in [4.78, 5) is 12.9. The van der Waals surface area contributed by atoms with Gasteiger partial charge in [0.15, 0.2) is 11.6 Å². The first kappa shape index (κ1) is 27.1. The maximum atomic E-state index is 14.6. The fraction of sp³-hybridized carbons (Fsp3) is 0.700. The molecule has 0 amide bonds. The minimum absolute atomic E-state index is 0.0231. The molecule has 0 N–H and O–H groups in total. The highest BCUT2D eigenvalue weighted by Crippen LogP contribution is 2.43. The predicted octanol–water partition coefficient (Wildman–Crippen LogP) is 8.42. The third-order valence-corrected chi connectivity index (χ3v) is 8.83. The van der Waals surface area contributed by atoms with E-state index in [1.807, 2.05) is 0 Å². The standard InChI is InChI=1S/C30H41F3O3/c1-3-35-27-17-16-26(28(32)29(27)33)23-12-14-25(15-13-23)36-30(34)24-10-8-22(9-11-24)21-6-4-20(5-7-21)18-19(2)31/h16-18,20-25H,3-15H2,1-2H3. The van der Waals surface area contributed by atoms with Gasteiger partial charge in [-0.3, -0.25) is 4.79 Å². The SMILES string of the molecule is CCOc1ccc(C2CCC(OC(=O)C3CCC(C4CCC(C=C(C)F)CC4)CC3)CC2)c(F)c1F. The van der Waals surface area contributed by atoms with Gasteiger partial charge in [-0.2, -0.15) is 4.39 Å². The van der Waals surface area contributed by atoms with E-state index in [2.05, 4.69) is 0 Å². The molecule has 0 unspecified atom stereocenters. The smallest absolute Gasteiger partial charge is 0.309 e. The van der Waals surface area contributed by atoms with E-state index in [0.29, 0.717) is 49.0 Å². The van der Waals surface area contributed by atoms with Gasteiger partial charge in [0.25, 0.3) is 0 Å². The van der Waals surface area contributed by atoms with E-state index >= 15 is 0 Å². The third kappa shape index (κ3) is 6.66. The van der Waals surface area contributed by atoms with Gasteiger partial charge < -0.3 is 9.47 Å². The van der Waals surface area contributed by atoms with Crippen LogP contribution in [-0.4, -0.2) is 18.7 Å². The van der Waals surface area contributed by atoms with Crippen LogP contribution in [-0.2, 0) is 9.53 Å². The maximum Gasteiger partial charge on any atom is 0.309 e. The molecule has 1 aromatic rings. The molecule has 3 aliphatic carbocycles. The summed E-state index contributed by atoms with van der Waals surface area (Å²) >= 11 is 0. The van der Waals surface area contributed by atoms with Crippen molar-refractivity contribution < 1.29 is 27.4 Å². The Morgan fingerprint density at radius 3 is 2.08 bits per heavy atom. The fourth-order valence-corrected chi connectivity index (χ4v) is 6.82. The summed E-state index contributed by atoms with van der Waals surface area (Å²) in [7, 11) is 0. The summed E-state index contributed by atoms with van der Waals surface area (Å²) in [6.07, 6.45) is 12.7. The highest BCUT2D eigenvalue weighted by atomic mass is 19.2. The summed E-state index contributed by atoms with van der Waals surface area (Å²) in [5, 5.41) is 0. The van der Waals surface area contributed by atoms with Crippen molar-refractivity contribution in [3.63, 3.8) is 0 Å². The molecule has 200 valence electrons. The van der Waals surface area contributed by atoms with E-state index in [0.717, 1.165) is 51.4 Å². The first-order valence-corrected chi connectivity index (χ1v) is 14.0. The quantitative estimate of drug-likeness (QED) is 0.348. The molecule has 0 aromatic heterocycles. The van der Waals surface area contributed by atoms with Gasteiger partial charge in [-0.1, -0.05) is 12.1 Å². The van der Waals surface area contributed by atoms with E-state index in [9.17, 15) is 18.0 Å². The van der Waals surface area contributed by atoms with Gasteiger partial charge in [-0.25, -0.2) is 8.78 Å². The topological polar surface area (TPSA) is 35.5 Å². The van der Waals surface area contributed by atoms with Gasteiger partial charge in [0, 0.05) is 0 Å². The highest BCUT2D eigenvalue weighted by Gasteiger charge is 2.35. The van der Waals surface area contributed by atoms with Crippen LogP contribution in [0.25, 0.3) is 0 Å². The Morgan fingerprint density at radius 1 is 0.889 bits per heavy atom. The third-order valence-electron chi connectivity index (χ3n) is 8.83. The average molecular weight is 507 g/mol. The summed E-state index contributed by atoms with van der Waals surface area (Å²) in [5.41, 5.74) is 0.393. The first-order valence-electron chi connectivity index (χ1n) is 14.0. The highest BCUT2D eigenvalue weighted by molar-refractivity contribution is 5.72. The molecular formula is C30H41F3O3. The number of ether oxygens (including phenoxy) is 2. The molecule has 0 bridgehead atoms. The molecule has 4 rings (SSSR count). The van der Waals surface area contributed by atoms with Gasteiger partial charge >= 0.3 is 5.97 Å². The Bertz CT molecular complexity index is 902. The van der Waals surface area contributed by atoms with Crippen LogP contribution in [0.3, 0.4) is 0 Å². The lowest BCUT2D eigenvalue weighted by molar-refractivity contribution is -0.157. The first-order chi connectivity index (χ1) is 17.4. The molecular weight excluding hydrogens is 465 g/mol. The van der Waals surface area contributed by atoms with Crippen LogP contribution in [0.2, 0.25) is 0 Å². The number of allylic oxidation sites excluding steroid dienone is 2. The van der Waals surface area contributed by atoms with Crippen molar-refractivity contribution in [2.24, 2.45) is 23.7 Å². The lowest BCUT2D eigenvalue weighted by Gasteiger charge is -2.37. The summed E-state index contributed by atoms with van der Waals surface area (Å²) < 4.78 is 53.1. The molecule has 1 aromatic carbocycles. The molecule has 0 heterocycles. The lowest BCUT2D eigenvalue weighted by Crippen LogP contribution is -2.32. The van der Waals surface area contributed by atoms with E-state index in [1.165, 1.54) is 13.0 Å². The molecule has 0 atom stereocenters. The van der Waals surface area contributed by atoms with Crippen molar-refractivity contribution in [2.45, 2.75) is 103 Å². The van der Waals surface area contributed by atoms with Crippen molar-refractivity contribution in [1.82, 2.24) is 0 Å². The molecule has 3 saturated carbocycles. The molecule has 3 nitrogen and oxygen atoms in total. The number of esters is 1. The van der Waals surface area contributed by atoms with E-state index in [1.54, 1.807) is 19.1 Å². The molecule has 0 radical (unpaired) electrons. The molecule has 3 fully saturated rings. The molecule has 36 heavy (non-hydrogen) atoms. The summed E-state index contributed by atoms with van der Waals surface area (Å²) in [5.74, 6) is -0.264. The Hall–Kier alpha value is -1.98. The van der Waals surface area contributed by atoms with Gasteiger partial charge in [0.05, 0.1) is 18.4 Å². The molecule has 3 aliphatic rings. The zero-order valence-electron chi connectivity index (χ0n) is 21.7. The number of hydrogen-bond acceptors (Lipinski definition) is 3. The van der Waals surface area contributed by atoms with Crippen molar-refractivity contribution >= 4 is 5.97 Å². The molecule has 0 saturated heterocycles. The van der Waals surface area contributed by atoms with Crippen LogP contribution >= 0.6 is 0 Å². The van der Waals surface area contributed by atoms with Crippen LogP contribution in [0.1, 0.15) is 102 Å². The Balaban J connectivity index is 1.19. The number of benzene rings is 1. The Labute approximate surface area is 213 Å². The largest absolute Gasteiger partial charge is 0.491 e. The normalized spacial score (nSPS) is 31.6. The molecule has 0 spiro atoms. The summed E-state index contributed by atoms with van der Waals surface area (Å²) in [6, 6.07) is 3.14. The molecule has 0 aliphatic heterocycles. The molecule has 6 heteroatoms. The van der Waals surface area contributed by atoms with Gasteiger partial charge in [-0.05, 0) is 126 Å². The predicted molar refractivity (Wildman–Crippen MR) is 134 cm³/mol. The second-order valence-electron chi connectivity index (χ2n) is 11.2. The minimum Gasteiger partial charge on any atom is -0.491 e. The van der Waals surface area contributed by atoms with Gasteiger partial charge in [0.2, 0.25) is 5.82 Å². The van der Waals surface area contributed by atoms with E-state index in [-0.39, 0.29) is 42.1 Å². The van der Waals surface area contributed by atoms with Gasteiger partial charge in [-0.15, -0.1) is 0 Å². The van der Waals surface area contributed by atoms with Crippen molar-refractivity contribution in [1.29, 1.82) is 0 Å². The number of halogens is 3. The zero-order valence-corrected chi connectivity index (χ0v) is 21.7. The van der Waals surface area contributed by atoms with Crippen LogP contribution in [0.5, 0.6) is 5.75 Å². The van der Waals surface area contributed by atoms with Gasteiger partial charge in [0.1, 0.15) is 6.10 Å². The Kier molecular flexibility index (Phi) is 9.41.